The number of aliphatic carboxylic acids is 1. The van der Waals surface area contributed by atoms with Crippen molar-refractivity contribution in [3.8, 4) is 5.75 Å². The number of sulfonamides is 1. The molecule has 0 saturated carbocycles. The zero-order chi connectivity index (χ0) is 25.3. The summed E-state index contributed by atoms with van der Waals surface area (Å²) < 4.78 is 49.0. The van der Waals surface area contributed by atoms with Gasteiger partial charge in [-0.1, -0.05) is 10.8 Å². The maximum absolute atomic E-state index is 14.0. The fourth-order valence-corrected chi connectivity index (χ4v) is 5.79. The molecule has 2 heterocycles. The fourth-order valence-electron chi connectivity index (χ4n) is 4.28. The lowest BCUT2D eigenvalue weighted by Crippen LogP contribution is -2.29. The van der Waals surface area contributed by atoms with Crippen molar-refractivity contribution >= 4 is 33.6 Å². The number of rotatable bonds is 8. The van der Waals surface area contributed by atoms with E-state index >= 15 is 0 Å². The number of carboxylic acid groups (broad SMARTS) is 1. The smallest absolute Gasteiger partial charge is 0.309 e. The molecule has 2 aliphatic rings. The Labute approximate surface area is 203 Å². The molecule has 2 aromatic rings. The highest BCUT2D eigenvalue weighted by atomic mass is 32.2. The highest BCUT2D eigenvalue weighted by molar-refractivity contribution is 7.89. The zero-order valence-corrected chi connectivity index (χ0v) is 20.3. The summed E-state index contributed by atoms with van der Waals surface area (Å²) in [6.45, 7) is 8.05. The third kappa shape index (κ3) is 5.18. The molecule has 4 rings (SSSR count). The first-order valence-electron chi connectivity index (χ1n) is 11.2. The number of fused-ring (bicyclic) bond motifs is 1. The van der Waals surface area contributed by atoms with Crippen molar-refractivity contribution in [3.05, 3.63) is 66.5 Å². The van der Waals surface area contributed by atoms with Gasteiger partial charge in [-0.25, -0.2) is 12.8 Å². The molecule has 1 fully saturated rings. The summed E-state index contributed by atoms with van der Waals surface area (Å²) in [5, 5.41) is 13.6. The van der Waals surface area contributed by atoms with E-state index in [1.807, 2.05) is 13.8 Å². The van der Waals surface area contributed by atoms with Crippen LogP contribution in [0.2, 0.25) is 0 Å². The van der Waals surface area contributed by atoms with Gasteiger partial charge in [0.1, 0.15) is 17.3 Å². The highest BCUT2D eigenvalue weighted by Gasteiger charge is 2.41. The van der Waals surface area contributed by atoms with Crippen LogP contribution in [0.3, 0.4) is 0 Å². The van der Waals surface area contributed by atoms with Gasteiger partial charge in [-0.3, -0.25) is 4.79 Å². The van der Waals surface area contributed by atoms with Crippen molar-refractivity contribution in [3.63, 3.8) is 0 Å². The summed E-state index contributed by atoms with van der Waals surface area (Å²) in [4.78, 5) is 11.4. The number of carbonyl (C=O) groups is 1. The van der Waals surface area contributed by atoms with Crippen LogP contribution in [0.5, 0.6) is 5.75 Å². The van der Waals surface area contributed by atoms with Crippen molar-refractivity contribution in [1.29, 1.82) is 0 Å². The quantitative estimate of drug-likeness (QED) is 0.441. The minimum Gasteiger partial charge on any atom is -0.491 e. The van der Waals surface area contributed by atoms with E-state index in [2.05, 4.69) is 11.7 Å². The molecule has 2 aliphatic heterocycles. The van der Waals surface area contributed by atoms with E-state index in [1.54, 1.807) is 24.4 Å². The molecule has 1 N–H and O–H groups in total. The van der Waals surface area contributed by atoms with Crippen LogP contribution in [0.1, 0.15) is 25.8 Å². The largest absolute Gasteiger partial charge is 0.491 e. The molecule has 2 atom stereocenters. The van der Waals surface area contributed by atoms with E-state index in [4.69, 9.17) is 4.74 Å². The predicted molar refractivity (Wildman–Crippen MR) is 129 cm³/mol. The molecule has 0 aromatic heterocycles. The van der Waals surface area contributed by atoms with Crippen LogP contribution in [-0.2, 0) is 14.8 Å². The first kappa shape index (κ1) is 24.7. The number of ether oxygens (including phenoxy) is 1. The molecule has 0 aliphatic carbocycles. The van der Waals surface area contributed by atoms with Crippen LogP contribution in [0.25, 0.3) is 0 Å². The standard InChI is InChI=1S/C25H26FN3O5S/c1-4-17-13-28(35(32,33)21-8-6-20(7-9-21)34-16(2)3)14-18(17)15-29-24-11-19(26)5-10-22(24)23(27-29)12-25(30)31/h4-11,15-18H,1,12-14H2,2-3H3/p+1/b29-15+/t17-,18?/m1/s1. The number of hydrogen-bond acceptors (Lipinski definition) is 5. The molecule has 35 heavy (non-hydrogen) atoms. The van der Waals surface area contributed by atoms with Crippen LogP contribution < -0.4 is 4.74 Å². The second-order valence-electron chi connectivity index (χ2n) is 8.80. The molecule has 10 heteroatoms. The molecule has 0 amide bonds. The minimum absolute atomic E-state index is 0.0245. The Morgan fingerprint density at radius 2 is 1.94 bits per heavy atom. The molecule has 0 radical (unpaired) electrons. The monoisotopic (exact) mass is 500 g/mol. The summed E-state index contributed by atoms with van der Waals surface area (Å²) in [6, 6.07) is 10.4. The number of nitrogens with zero attached hydrogens (tertiary/aromatic N) is 3. The van der Waals surface area contributed by atoms with Crippen LogP contribution >= 0.6 is 0 Å². The molecule has 1 saturated heterocycles. The van der Waals surface area contributed by atoms with E-state index in [-0.39, 0.29) is 42.3 Å². The Balaban J connectivity index is 1.62. The molecular formula is C25H27FN3O5S+. The first-order valence-corrected chi connectivity index (χ1v) is 12.7. The first-order chi connectivity index (χ1) is 16.6. The predicted octanol–water partition coefficient (Wildman–Crippen LogP) is 3.64. The summed E-state index contributed by atoms with van der Waals surface area (Å²) in [6.07, 6.45) is 3.08. The van der Waals surface area contributed by atoms with Crippen LogP contribution in [0.15, 0.2) is 65.1 Å². The van der Waals surface area contributed by atoms with Crippen molar-refractivity contribution in [1.82, 2.24) is 4.31 Å². The second kappa shape index (κ2) is 9.71. The number of hydrazone groups is 1. The fraction of sp³-hybridized carbons (Fsp3) is 0.320. The lowest BCUT2D eigenvalue weighted by atomic mass is 9.97. The lowest BCUT2D eigenvalue weighted by molar-refractivity contribution is -0.438. The Bertz CT molecular complexity index is 1320. The summed E-state index contributed by atoms with van der Waals surface area (Å²) in [5.41, 5.74) is 1.27. The summed E-state index contributed by atoms with van der Waals surface area (Å²) in [7, 11) is -3.77. The molecule has 1 unspecified atom stereocenters. The van der Waals surface area contributed by atoms with Gasteiger partial charge in [0.05, 0.1) is 28.9 Å². The van der Waals surface area contributed by atoms with Gasteiger partial charge in [0.15, 0.2) is 6.21 Å². The Morgan fingerprint density at radius 1 is 1.26 bits per heavy atom. The zero-order valence-electron chi connectivity index (χ0n) is 19.5. The van der Waals surface area contributed by atoms with Gasteiger partial charge in [-0.05, 0) is 50.2 Å². The van der Waals surface area contributed by atoms with E-state index < -0.39 is 21.8 Å². The molecule has 184 valence electrons. The van der Waals surface area contributed by atoms with Gasteiger partial charge in [-0.15, -0.1) is 6.58 Å². The Hall–Kier alpha value is -3.37. The van der Waals surface area contributed by atoms with Gasteiger partial charge in [0.25, 0.3) is 0 Å². The van der Waals surface area contributed by atoms with Crippen molar-refractivity contribution < 1.29 is 32.1 Å². The highest BCUT2D eigenvalue weighted by Crippen LogP contribution is 2.32. The number of hydrogen-bond donors (Lipinski definition) is 1. The normalized spacial score (nSPS) is 21.3. The molecule has 0 spiro atoms. The van der Waals surface area contributed by atoms with E-state index in [9.17, 15) is 22.7 Å². The number of carboxylic acids is 1. The molecule has 2 aromatic carbocycles. The number of benzene rings is 2. The topological polar surface area (TPSA) is 99.3 Å². The minimum atomic E-state index is -3.77. The van der Waals surface area contributed by atoms with Crippen LogP contribution in [0.4, 0.5) is 10.1 Å². The van der Waals surface area contributed by atoms with Gasteiger partial charge in [0.2, 0.25) is 15.7 Å². The Morgan fingerprint density at radius 3 is 2.57 bits per heavy atom. The maximum atomic E-state index is 14.0. The van der Waals surface area contributed by atoms with E-state index in [1.165, 1.54) is 39.3 Å². The second-order valence-corrected chi connectivity index (χ2v) is 10.7. The van der Waals surface area contributed by atoms with Gasteiger partial charge in [-0.2, -0.15) is 4.31 Å². The number of halogens is 1. The van der Waals surface area contributed by atoms with E-state index in [0.717, 1.165) is 0 Å². The van der Waals surface area contributed by atoms with Gasteiger partial charge >= 0.3 is 5.97 Å². The van der Waals surface area contributed by atoms with Gasteiger partial charge in [0, 0.05) is 30.2 Å². The van der Waals surface area contributed by atoms with Crippen molar-refractivity contribution in [2.75, 3.05) is 13.1 Å². The summed E-state index contributed by atoms with van der Waals surface area (Å²) >= 11 is 0. The van der Waals surface area contributed by atoms with Gasteiger partial charge < -0.3 is 9.84 Å². The molecule has 0 bridgehead atoms. The molecule has 8 nitrogen and oxygen atoms in total. The lowest BCUT2D eigenvalue weighted by Gasteiger charge is -2.16. The van der Waals surface area contributed by atoms with Crippen LogP contribution in [0, 0.1) is 17.7 Å². The summed E-state index contributed by atoms with van der Waals surface area (Å²) in [5.74, 6) is -1.44. The van der Waals surface area contributed by atoms with Crippen molar-refractivity contribution in [2.45, 2.75) is 31.3 Å². The average molecular weight is 501 g/mol. The van der Waals surface area contributed by atoms with Crippen molar-refractivity contribution in [2.24, 2.45) is 16.9 Å². The maximum Gasteiger partial charge on any atom is 0.309 e. The third-order valence-corrected chi connectivity index (χ3v) is 7.76. The average Bonchev–Trinajstić information content (AvgIpc) is 3.35. The van der Waals surface area contributed by atoms with E-state index in [0.29, 0.717) is 22.7 Å². The SMILES string of the molecule is C=C[C@@H]1CN(S(=O)(=O)c2ccc(OC(C)C)cc2)CC1/C=[N+]1/N=C(CC(=O)O)c2ccc(F)cc21. The third-order valence-electron chi connectivity index (χ3n) is 5.91. The molecular weight excluding hydrogens is 473 g/mol. The van der Waals surface area contributed by atoms with Crippen LogP contribution in [-0.4, -0.2) is 59.6 Å². The Kier molecular flexibility index (Phi) is 6.86.